The van der Waals surface area contributed by atoms with Gasteiger partial charge in [0.1, 0.15) is 34.3 Å². The molecule has 2 unspecified atom stereocenters. The fourth-order valence-electron chi connectivity index (χ4n) is 5.21. The molecule has 6 rings (SSSR count). The van der Waals surface area contributed by atoms with Gasteiger partial charge in [-0.2, -0.15) is 0 Å². The van der Waals surface area contributed by atoms with Gasteiger partial charge in [-0.25, -0.2) is 35.9 Å². The van der Waals surface area contributed by atoms with Crippen molar-refractivity contribution in [3.8, 4) is 11.5 Å². The zero-order valence-electron chi connectivity index (χ0n) is 29.2. The normalized spacial score (nSPS) is 14.5. The van der Waals surface area contributed by atoms with Gasteiger partial charge >= 0.3 is 11.5 Å². The minimum atomic E-state index is -1.15. The number of hydrogen-bond donors (Lipinski definition) is 4. The topological polar surface area (TPSA) is 167 Å². The van der Waals surface area contributed by atoms with Crippen molar-refractivity contribution in [2.75, 3.05) is 38.1 Å². The first kappa shape index (κ1) is 47.4. The summed E-state index contributed by atoms with van der Waals surface area (Å²) in [6, 6.07) is 9.82. The molecule has 2 heterocycles. The standard InChI is InChI=1S/C18H15F3N2O4.C16H13F3N2O2.C2H3ClO2.CH4.ClH/c1-26-18(25)23-14-6-7-27-16-10(14)3-5-12(20)15(16)17(24)22-9-2-4-11(19)13(21)8-9;17-10-3-1-8(7-12(10)19)21-16(22)14-11(18)4-2-9-13(20)5-6-23-15(9)14;1-5-2(3)4;;/h2-5,8,14H,6-7H2,1H3,(H,22,24)(H,23,25);1-4,7,13H,5-6,20H2,(H,21,22);1H3;1H4;1H. The molecule has 5 N–H and O–H groups in total. The second-order valence-corrected chi connectivity index (χ2v) is 11.7. The second kappa shape index (κ2) is 21.5. The summed E-state index contributed by atoms with van der Waals surface area (Å²) in [4.78, 5) is 45.7. The van der Waals surface area contributed by atoms with Crippen LogP contribution in [0.2, 0.25) is 0 Å². The van der Waals surface area contributed by atoms with E-state index in [4.69, 9.17) is 15.2 Å². The molecule has 12 nitrogen and oxygen atoms in total. The minimum Gasteiger partial charge on any atom is -0.492 e. The molecule has 57 heavy (non-hydrogen) atoms. The van der Waals surface area contributed by atoms with E-state index in [1.165, 1.54) is 32.4 Å². The van der Waals surface area contributed by atoms with Crippen LogP contribution in [0.25, 0.3) is 0 Å². The van der Waals surface area contributed by atoms with Crippen LogP contribution in [0.4, 0.5) is 47.3 Å². The van der Waals surface area contributed by atoms with E-state index in [1.54, 1.807) is 0 Å². The summed E-state index contributed by atoms with van der Waals surface area (Å²) in [5.74, 6) is -7.67. The molecule has 4 aromatic carbocycles. The summed E-state index contributed by atoms with van der Waals surface area (Å²) in [6.07, 6.45) is 0.283. The van der Waals surface area contributed by atoms with Gasteiger partial charge in [0.05, 0.1) is 33.5 Å². The van der Waals surface area contributed by atoms with E-state index in [-0.39, 0.29) is 67.5 Å². The molecule has 0 bridgehead atoms. The quantitative estimate of drug-likeness (QED) is 0.113. The van der Waals surface area contributed by atoms with E-state index < -0.39 is 69.8 Å². The lowest BCUT2D eigenvalue weighted by atomic mass is 9.97. The maximum absolute atomic E-state index is 14.3. The van der Waals surface area contributed by atoms with Gasteiger partial charge in [0, 0.05) is 65.1 Å². The van der Waals surface area contributed by atoms with Crippen LogP contribution in [0, 0.1) is 34.9 Å². The van der Waals surface area contributed by atoms with Crippen LogP contribution >= 0.6 is 24.0 Å². The van der Waals surface area contributed by atoms with Crippen LogP contribution in [0.5, 0.6) is 11.5 Å². The summed E-state index contributed by atoms with van der Waals surface area (Å²) in [6.45, 7) is 0.402. The Hall–Kier alpha value is -5.72. The number of anilines is 2. The number of carbonyl (C=O) groups excluding carboxylic acids is 4. The van der Waals surface area contributed by atoms with Crippen molar-refractivity contribution in [3.63, 3.8) is 0 Å². The van der Waals surface area contributed by atoms with Crippen molar-refractivity contribution < 1.29 is 64.5 Å². The van der Waals surface area contributed by atoms with Crippen LogP contribution in [0.15, 0.2) is 60.7 Å². The van der Waals surface area contributed by atoms with Crippen molar-refractivity contribution in [2.45, 2.75) is 32.4 Å². The second-order valence-electron chi connectivity index (χ2n) is 11.4. The molecule has 0 saturated carbocycles. The van der Waals surface area contributed by atoms with Crippen LogP contribution in [0.1, 0.15) is 64.2 Å². The highest BCUT2D eigenvalue weighted by molar-refractivity contribution is 6.61. The third-order valence-electron chi connectivity index (χ3n) is 7.82. The number of benzene rings is 4. The number of hydrogen-bond acceptors (Lipinski definition) is 9. The first-order valence-corrected chi connectivity index (χ1v) is 16.3. The smallest absolute Gasteiger partial charge is 0.407 e. The Kier molecular flexibility index (Phi) is 17.9. The van der Waals surface area contributed by atoms with Gasteiger partial charge in [0.25, 0.3) is 11.8 Å². The molecule has 0 spiro atoms. The molecule has 20 heteroatoms. The molecule has 3 amide bonds. The zero-order valence-corrected chi connectivity index (χ0v) is 30.7. The number of ether oxygens (including phenoxy) is 4. The molecule has 0 aliphatic carbocycles. The number of fused-ring (bicyclic) bond motifs is 2. The monoisotopic (exact) mass is 848 g/mol. The maximum atomic E-state index is 14.3. The lowest BCUT2D eigenvalue weighted by Gasteiger charge is -2.27. The largest absolute Gasteiger partial charge is 0.492 e. The molecule has 2 aliphatic rings. The highest BCUT2D eigenvalue weighted by Crippen LogP contribution is 2.38. The summed E-state index contributed by atoms with van der Waals surface area (Å²) < 4.78 is 100. The number of alkyl carbamates (subject to hydrolysis) is 1. The van der Waals surface area contributed by atoms with Gasteiger partial charge in [0.15, 0.2) is 23.3 Å². The zero-order chi connectivity index (χ0) is 40.4. The highest BCUT2D eigenvalue weighted by atomic mass is 35.5. The molecule has 0 aromatic heterocycles. The fourth-order valence-corrected chi connectivity index (χ4v) is 5.21. The van der Waals surface area contributed by atoms with E-state index in [9.17, 15) is 45.5 Å². The Morgan fingerprint density at radius 2 is 1.09 bits per heavy atom. The Morgan fingerprint density at radius 1 is 0.667 bits per heavy atom. The predicted octanol–water partition coefficient (Wildman–Crippen LogP) is 8.72. The van der Waals surface area contributed by atoms with Crippen molar-refractivity contribution in [3.05, 3.63) is 118 Å². The molecule has 0 radical (unpaired) electrons. The Bertz CT molecular complexity index is 2100. The van der Waals surface area contributed by atoms with E-state index in [0.29, 0.717) is 24.0 Å². The van der Waals surface area contributed by atoms with Crippen LogP contribution in [0.3, 0.4) is 0 Å². The third kappa shape index (κ3) is 12.1. The summed E-state index contributed by atoms with van der Waals surface area (Å²) in [5, 5.41) is 7.22. The van der Waals surface area contributed by atoms with Crippen molar-refractivity contribution in [2.24, 2.45) is 5.73 Å². The van der Waals surface area contributed by atoms with Crippen molar-refractivity contribution >= 4 is 58.7 Å². The first-order chi connectivity index (χ1) is 26.1. The molecular formula is C37H36Cl2F6N4O8. The lowest BCUT2D eigenvalue weighted by Crippen LogP contribution is -2.33. The predicted molar refractivity (Wildman–Crippen MR) is 199 cm³/mol. The Balaban J connectivity index is 0.000000344. The van der Waals surface area contributed by atoms with Crippen LogP contribution < -0.4 is 31.2 Å². The number of nitrogens with one attached hydrogen (secondary N) is 3. The fraction of sp³-hybridized carbons (Fsp3) is 0.243. The van der Waals surface area contributed by atoms with E-state index in [2.05, 4.69) is 37.0 Å². The molecule has 2 aliphatic heterocycles. The van der Waals surface area contributed by atoms with Gasteiger partial charge in [0.2, 0.25) is 0 Å². The minimum absolute atomic E-state index is 0. The number of carbonyl (C=O) groups is 4. The highest BCUT2D eigenvalue weighted by Gasteiger charge is 2.31. The van der Waals surface area contributed by atoms with Gasteiger partial charge in [-0.1, -0.05) is 19.6 Å². The SMILES string of the molecule is C.COC(=O)Cl.COC(=O)NC1CCOc2c1ccc(F)c2C(=O)Nc1ccc(F)c(F)c1.Cl.NC1CCOc2c1ccc(F)c2C(=O)Nc1ccc(F)c(F)c1. The molecule has 308 valence electrons. The van der Waals surface area contributed by atoms with Crippen LogP contribution in [-0.2, 0) is 9.47 Å². The van der Waals surface area contributed by atoms with Gasteiger partial charge in [-0.3, -0.25) is 9.59 Å². The average Bonchev–Trinajstić information content (AvgIpc) is 3.15. The number of halogens is 8. The van der Waals surface area contributed by atoms with E-state index in [1.807, 2.05) is 0 Å². The third-order valence-corrected chi connectivity index (χ3v) is 7.98. The Labute approximate surface area is 333 Å². The lowest BCUT2D eigenvalue weighted by molar-refractivity contribution is 0.100. The molecule has 0 fully saturated rings. The van der Waals surface area contributed by atoms with E-state index in [0.717, 1.165) is 42.5 Å². The average molecular weight is 850 g/mol. The molecule has 4 aromatic rings. The maximum Gasteiger partial charge on any atom is 0.407 e. The Morgan fingerprint density at radius 3 is 1.53 bits per heavy atom. The number of amides is 3. The summed E-state index contributed by atoms with van der Waals surface area (Å²) >= 11 is 4.60. The van der Waals surface area contributed by atoms with Gasteiger partial charge in [-0.15, -0.1) is 12.4 Å². The summed E-state index contributed by atoms with van der Waals surface area (Å²) in [5.41, 5.74) is 5.36. The van der Waals surface area contributed by atoms with Gasteiger partial charge < -0.3 is 40.6 Å². The molecule has 2 atom stereocenters. The first-order valence-electron chi connectivity index (χ1n) is 15.9. The molecule has 0 saturated heterocycles. The number of rotatable bonds is 5. The van der Waals surface area contributed by atoms with Gasteiger partial charge in [-0.05, 0) is 36.4 Å². The number of methoxy groups -OCH3 is 2. The van der Waals surface area contributed by atoms with Crippen molar-refractivity contribution in [1.29, 1.82) is 0 Å². The molecular weight excluding hydrogens is 813 g/mol. The van der Waals surface area contributed by atoms with E-state index >= 15 is 0 Å². The number of nitrogens with two attached hydrogens (primary N) is 1. The summed E-state index contributed by atoms with van der Waals surface area (Å²) in [7, 11) is 2.43. The van der Waals surface area contributed by atoms with Crippen molar-refractivity contribution in [1.82, 2.24) is 5.32 Å². The van der Waals surface area contributed by atoms with Crippen LogP contribution in [-0.4, -0.2) is 50.8 Å².